The van der Waals surface area contributed by atoms with E-state index in [1.165, 1.54) is 0 Å². The molecule has 69 heavy (non-hydrogen) atoms. The molecule has 19 heteroatoms. The van der Waals surface area contributed by atoms with Crippen LogP contribution in [0.5, 0.6) is 0 Å². The highest BCUT2D eigenvalue weighted by Gasteiger charge is 2.55. The van der Waals surface area contributed by atoms with Crippen molar-refractivity contribution >= 4 is 17.9 Å². The van der Waals surface area contributed by atoms with Gasteiger partial charge in [0.25, 0.3) is 0 Å². The molecule has 13 nitrogen and oxygen atoms in total. The molecule has 0 bridgehead atoms. The number of alkyl halides is 6. The molecule has 3 aliphatic heterocycles. The highest BCUT2D eigenvalue weighted by molar-refractivity contribution is 5.85. The molecule has 3 amide bonds. The van der Waals surface area contributed by atoms with Crippen LogP contribution < -0.4 is 20.1 Å². The first-order chi connectivity index (χ1) is 32.5. The molecule has 4 saturated carbocycles. The Morgan fingerprint density at radius 3 is 1.54 bits per heavy atom. The van der Waals surface area contributed by atoms with Crippen molar-refractivity contribution in [1.82, 2.24) is 20.4 Å². The standard InChI is InChI=1S/C25H34F3N3O4.C25H34F3N3O3/c1-23(2,3)35-22(33)29-19-8-10-24(13-19,17-6-4-5-7-17)21(32)30-11-9-20-16(14-30)12-18(15-31(20)34)25(26,27)28;26-25(27,28)19-13-17-15-30(10-6-22(17)31(33)16-19)23(32)24(18-3-1-2-4-18)9-5-21(14-24)29-20-7-11-34-12-8-20/h12,15,17,19H,4-11,13-14H2,1-3H3,(H,29,33);13,16,18,20-21,29H,1-12,14-15H2/t19-,24+;21-,24+/m11/s1. The number of fused-ring (bicyclic) bond motifs is 2. The Kier molecular flexibility index (Phi) is 14.8. The van der Waals surface area contributed by atoms with Crippen LogP contribution in [0.25, 0.3) is 0 Å². The third-order valence-corrected chi connectivity index (χ3v) is 16.3. The van der Waals surface area contributed by atoms with Gasteiger partial charge in [-0.05, 0) is 122 Å². The van der Waals surface area contributed by atoms with Gasteiger partial charge in [0, 0.05) is 55.6 Å². The van der Waals surface area contributed by atoms with Crippen LogP contribution in [0, 0.1) is 33.1 Å². The van der Waals surface area contributed by atoms with Crippen LogP contribution in [0.2, 0.25) is 0 Å². The quantitative estimate of drug-likeness (QED) is 0.160. The normalized spacial score (nSPS) is 27.1. The molecule has 4 aliphatic carbocycles. The number of halogens is 6. The van der Waals surface area contributed by atoms with Crippen molar-refractivity contribution in [3.8, 4) is 0 Å². The van der Waals surface area contributed by atoms with Crippen LogP contribution in [0.4, 0.5) is 31.1 Å². The lowest BCUT2D eigenvalue weighted by atomic mass is 9.71. The van der Waals surface area contributed by atoms with Crippen molar-refractivity contribution in [3.05, 3.63) is 68.6 Å². The minimum absolute atomic E-state index is 0.0149. The lowest BCUT2D eigenvalue weighted by Crippen LogP contribution is -2.51. The SMILES string of the molecule is CC(C)(C)OC(=O)N[C@@H]1CC[C@@](C(=O)N2CCc3c(cc(C(F)(F)F)c[n+]3[O-])C2)(C2CCCC2)C1.O=C(N1CCc2c(cc(C(F)(F)F)c[n+]2[O-])C1)[C@@]1(C2CCCC2)CC[C@@H](NC2CCOCC2)C1. The Morgan fingerprint density at radius 1 is 0.667 bits per heavy atom. The minimum atomic E-state index is -4.63. The number of nitrogens with one attached hydrogen (secondary N) is 2. The van der Waals surface area contributed by atoms with Gasteiger partial charge < -0.3 is 40.3 Å². The van der Waals surface area contributed by atoms with Crippen LogP contribution in [0.15, 0.2) is 24.5 Å². The Bertz CT molecular complexity index is 2200. The Hall–Kier alpha value is -4.39. The number of alkyl carbamates (subject to hydrolysis) is 1. The molecule has 0 aromatic carbocycles. The first-order valence-electron chi connectivity index (χ1n) is 25.1. The number of aromatic nitrogens is 2. The third-order valence-electron chi connectivity index (χ3n) is 16.3. The molecule has 2 N–H and O–H groups in total. The molecule has 5 heterocycles. The zero-order chi connectivity index (χ0) is 49.5. The molecule has 0 radical (unpaired) electrons. The van der Waals surface area contributed by atoms with Crippen LogP contribution in [0.1, 0.15) is 157 Å². The maximum absolute atomic E-state index is 14.1. The van der Waals surface area contributed by atoms with Gasteiger partial charge in [0.1, 0.15) is 16.7 Å². The molecule has 4 atom stereocenters. The van der Waals surface area contributed by atoms with E-state index in [9.17, 15) is 51.1 Å². The molecule has 1 saturated heterocycles. The second kappa shape index (κ2) is 20.0. The van der Waals surface area contributed by atoms with Crippen molar-refractivity contribution in [2.45, 2.75) is 186 Å². The topological polar surface area (TPSA) is 154 Å². The highest BCUT2D eigenvalue weighted by atomic mass is 19.4. The number of hydrogen-bond acceptors (Lipinski definition) is 8. The molecule has 2 aromatic rings. The maximum Gasteiger partial charge on any atom is 0.422 e. The van der Waals surface area contributed by atoms with Gasteiger partial charge in [-0.1, -0.05) is 25.7 Å². The zero-order valence-electron chi connectivity index (χ0n) is 40.1. The lowest BCUT2D eigenvalue weighted by molar-refractivity contribution is -0.616. The molecule has 7 aliphatic rings. The minimum Gasteiger partial charge on any atom is -0.618 e. The summed E-state index contributed by atoms with van der Waals surface area (Å²) in [6.07, 6.45) is 6.50. The monoisotopic (exact) mass is 979 g/mol. The molecule has 5 fully saturated rings. The van der Waals surface area contributed by atoms with E-state index in [1.54, 1.807) is 30.6 Å². The van der Waals surface area contributed by atoms with Crippen molar-refractivity contribution in [2.24, 2.45) is 22.7 Å². The number of rotatable bonds is 7. The summed E-state index contributed by atoms with van der Waals surface area (Å²) in [6.45, 7) is 7.64. The van der Waals surface area contributed by atoms with Crippen LogP contribution in [-0.2, 0) is 57.3 Å². The number of ether oxygens (including phenoxy) is 2. The predicted octanol–water partition coefficient (Wildman–Crippen LogP) is 8.20. The Morgan fingerprint density at radius 2 is 1.10 bits per heavy atom. The number of nitrogens with zero attached hydrogens (tertiary/aromatic N) is 4. The van der Waals surface area contributed by atoms with Crippen LogP contribution in [-0.4, -0.2) is 77.7 Å². The van der Waals surface area contributed by atoms with Crippen molar-refractivity contribution in [2.75, 3.05) is 26.3 Å². The smallest absolute Gasteiger partial charge is 0.422 e. The summed E-state index contributed by atoms with van der Waals surface area (Å²) in [5.41, 5.74) is -2.51. The van der Waals surface area contributed by atoms with E-state index in [1.807, 2.05) is 0 Å². The van der Waals surface area contributed by atoms with E-state index in [4.69, 9.17) is 9.47 Å². The van der Waals surface area contributed by atoms with Crippen LogP contribution >= 0.6 is 0 Å². The predicted molar refractivity (Wildman–Crippen MR) is 239 cm³/mol. The fourth-order valence-corrected chi connectivity index (χ4v) is 13.0. The summed E-state index contributed by atoms with van der Waals surface area (Å²) in [6, 6.07) is 2.54. The molecule has 9 rings (SSSR count). The fraction of sp³-hybridized carbons (Fsp3) is 0.740. The van der Waals surface area contributed by atoms with E-state index in [-0.39, 0.29) is 73.5 Å². The second-order valence-electron chi connectivity index (χ2n) is 21.9. The van der Waals surface area contributed by atoms with Crippen molar-refractivity contribution < 1.29 is 59.7 Å². The Labute approximate surface area is 400 Å². The molecule has 2 aromatic heterocycles. The van der Waals surface area contributed by atoms with Gasteiger partial charge in [-0.15, -0.1) is 0 Å². The highest BCUT2D eigenvalue weighted by Crippen LogP contribution is 2.54. The average Bonchev–Trinajstić information content (AvgIpc) is 4.14. The molecule has 0 unspecified atom stereocenters. The van der Waals surface area contributed by atoms with E-state index in [0.29, 0.717) is 70.9 Å². The number of pyridine rings is 2. The van der Waals surface area contributed by atoms with Gasteiger partial charge in [-0.3, -0.25) is 9.59 Å². The third kappa shape index (κ3) is 11.2. The van der Waals surface area contributed by atoms with Gasteiger partial charge in [-0.25, -0.2) is 4.79 Å². The molecular formula is C50H68F6N6O7. The molecular weight excluding hydrogens is 911 g/mol. The molecule has 0 spiro atoms. The number of carbonyl (C=O) groups is 3. The number of amides is 3. The van der Waals surface area contributed by atoms with E-state index < -0.39 is 46.0 Å². The van der Waals surface area contributed by atoms with Gasteiger partial charge in [-0.2, -0.15) is 35.8 Å². The largest absolute Gasteiger partial charge is 0.618 e. The van der Waals surface area contributed by atoms with Gasteiger partial charge in [0.2, 0.25) is 11.8 Å². The van der Waals surface area contributed by atoms with Gasteiger partial charge in [0.05, 0.1) is 36.8 Å². The summed E-state index contributed by atoms with van der Waals surface area (Å²) in [7, 11) is 0. The lowest BCUT2D eigenvalue weighted by Gasteiger charge is -2.40. The summed E-state index contributed by atoms with van der Waals surface area (Å²) < 4.78 is 91.2. The Balaban J connectivity index is 0.000000186. The summed E-state index contributed by atoms with van der Waals surface area (Å²) >= 11 is 0. The summed E-state index contributed by atoms with van der Waals surface area (Å²) in [4.78, 5) is 43.8. The van der Waals surface area contributed by atoms with Crippen molar-refractivity contribution in [3.63, 3.8) is 0 Å². The zero-order valence-corrected chi connectivity index (χ0v) is 40.1. The summed E-state index contributed by atoms with van der Waals surface area (Å²) in [5, 5.41) is 31.2. The number of hydrogen-bond donors (Lipinski definition) is 2. The number of carbonyl (C=O) groups excluding carboxylic acids is 3. The fourth-order valence-electron chi connectivity index (χ4n) is 13.0. The summed E-state index contributed by atoms with van der Waals surface area (Å²) in [5.74, 6) is 0.510. The van der Waals surface area contributed by atoms with Crippen molar-refractivity contribution in [1.29, 1.82) is 0 Å². The van der Waals surface area contributed by atoms with E-state index in [2.05, 4.69) is 10.6 Å². The first kappa shape index (κ1) is 51.0. The maximum atomic E-state index is 14.1. The van der Waals surface area contributed by atoms with Gasteiger partial charge >= 0.3 is 18.4 Å². The van der Waals surface area contributed by atoms with E-state index >= 15 is 0 Å². The van der Waals surface area contributed by atoms with E-state index in [0.717, 1.165) is 109 Å². The molecule has 382 valence electrons. The second-order valence-corrected chi connectivity index (χ2v) is 21.9. The van der Waals surface area contributed by atoms with Gasteiger partial charge in [0.15, 0.2) is 23.8 Å². The average molecular weight is 979 g/mol. The first-order valence-corrected chi connectivity index (χ1v) is 25.1. The van der Waals surface area contributed by atoms with Crippen LogP contribution in [0.3, 0.4) is 0 Å².